The van der Waals surface area contributed by atoms with Gasteiger partial charge in [-0.15, -0.1) is 11.8 Å². The topological polar surface area (TPSA) is 72.2 Å². The first kappa shape index (κ1) is 17.7. The maximum atomic E-state index is 11.8. The molecule has 3 N–H and O–H groups in total. The van der Waals surface area contributed by atoms with E-state index in [2.05, 4.69) is 5.32 Å². The lowest BCUT2D eigenvalue weighted by molar-refractivity contribution is -0.117. The molecule has 0 radical (unpaired) electrons. The van der Waals surface area contributed by atoms with E-state index in [1.165, 1.54) is 0 Å². The van der Waals surface area contributed by atoms with E-state index in [1.807, 2.05) is 18.2 Å². The van der Waals surface area contributed by atoms with Crippen LogP contribution in [-0.2, 0) is 10.5 Å². The molecule has 0 atom stereocenters. The van der Waals surface area contributed by atoms with E-state index >= 15 is 0 Å². The second kappa shape index (κ2) is 8.24. The first-order valence-electron chi connectivity index (χ1n) is 6.69. The minimum atomic E-state index is -0.579. The summed E-state index contributed by atoms with van der Waals surface area (Å²) in [5.74, 6) is -0.214. The van der Waals surface area contributed by atoms with E-state index in [0.29, 0.717) is 21.4 Å². The predicted molar refractivity (Wildman–Crippen MR) is 94.0 cm³/mol. The average molecular weight is 369 g/mol. The number of carbonyl (C=O) groups excluding carboxylic acids is 2. The van der Waals surface area contributed by atoms with Crippen LogP contribution in [0.25, 0.3) is 0 Å². The van der Waals surface area contributed by atoms with Crippen molar-refractivity contribution in [2.45, 2.75) is 10.6 Å². The number of nitrogens with one attached hydrogen (secondary N) is 1. The minimum Gasteiger partial charge on any atom is -0.368 e. The van der Waals surface area contributed by atoms with Crippen LogP contribution in [0.1, 0.15) is 15.9 Å². The Labute approximate surface area is 148 Å². The Balaban J connectivity index is 1.96. The molecule has 0 bridgehead atoms. The fourth-order valence-electron chi connectivity index (χ4n) is 1.77. The Morgan fingerprint density at radius 3 is 2.43 bits per heavy atom. The first-order valence-corrected chi connectivity index (χ1v) is 8.43. The molecule has 0 fully saturated rings. The van der Waals surface area contributed by atoms with Gasteiger partial charge in [-0.3, -0.25) is 9.59 Å². The lowest BCUT2D eigenvalue weighted by Crippen LogP contribution is -2.33. The lowest BCUT2D eigenvalue weighted by atomic mass is 10.1. The average Bonchev–Trinajstić information content (AvgIpc) is 2.54. The summed E-state index contributed by atoms with van der Waals surface area (Å²) >= 11 is 13.6. The lowest BCUT2D eigenvalue weighted by Gasteiger charge is -2.06. The van der Waals surface area contributed by atoms with Crippen LogP contribution >= 0.6 is 35.0 Å². The van der Waals surface area contributed by atoms with Gasteiger partial charge in [0.15, 0.2) is 0 Å². The van der Waals surface area contributed by atoms with Crippen molar-refractivity contribution in [3.8, 4) is 0 Å². The summed E-state index contributed by atoms with van der Waals surface area (Å²) in [6.07, 6.45) is 0. The molecule has 2 aromatic carbocycles. The van der Waals surface area contributed by atoms with Gasteiger partial charge >= 0.3 is 0 Å². The fraction of sp³-hybridized carbons (Fsp3) is 0.125. The smallest absolute Gasteiger partial charge is 0.251 e. The van der Waals surface area contributed by atoms with Crippen LogP contribution in [0.2, 0.25) is 10.0 Å². The maximum Gasteiger partial charge on any atom is 0.251 e. The normalized spacial score (nSPS) is 10.3. The summed E-state index contributed by atoms with van der Waals surface area (Å²) in [5.41, 5.74) is 6.50. The third-order valence-corrected chi connectivity index (χ3v) is 4.73. The highest BCUT2D eigenvalue weighted by atomic mass is 35.5. The second-order valence-corrected chi connectivity index (χ2v) is 6.57. The molecule has 0 saturated carbocycles. The molecule has 2 rings (SSSR count). The molecule has 2 aromatic rings. The van der Waals surface area contributed by atoms with Crippen molar-refractivity contribution in [1.29, 1.82) is 0 Å². The molecule has 0 unspecified atom stereocenters. The van der Waals surface area contributed by atoms with Gasteiger partial charge in [-0.05, 0) is 35.9 Å². The third-order valence-electron chi connectivity index (χ3n) is 2.93. The quantitative estimate of drug-likeness (QED) is 0.766. The third kappa shape index (κ3) is 5.46. The summed E-state index contributed by atoms with van der Waals surface area (Å²) in [6.45, 7) is -0.177. The van der Waals surface area contributed by atoms with E-state index in [0.717, 1.165) is 10.5 Å². The van der Waals surface area contributed by atoms with Crippen molar-refractivity contribution in [1.82, 2.24) is 5.32 Å². The molecule has 0 aliphatic rings. The molecule has 0 saturated heterocycles. The second-order valence-electron chi connectivity index (χ2n) is 4.71. The number of hydrogen-bond donors (Lipinski definition) is 2. The zero-order chi connectivity index (χ0) is 16.8. The largest absolute Gasteiger partial charge is 0.368 e. The van der Waals surface area contributed by atoms with Crippen LogP contribution in [0.3, 0.4) is 0 Å². The van der Waals surface area contributed by atoms with Crippen molar-refractivity contribution in [2.24, 2.45) is 5.73 Å². The van der Waals surface area contributed by atoms with Gasteiger partial charge in [0, 0.05) is 21.2 Å². The number of carbonyl (C=O) groups is 2. The Morgan fingerprint density at radius 1 is 1.09 bits per heavy atom. The van der Waals surface area contributed by atoms with Crippen molar-refractivity contribution in [3.63, 3.8) is 0 Å². The molecular weight excluding hydrogens is 355 g/mol. The van der Waals surface area contributed by atoms with Crippen LogP contribution in [0.4, 0.5) is 0 Å². The SMILES string of the molecule is NC(=O)CNC(=O)c1ccc(CSc2cc(Cl)ccc2Cl)cc1. The van der Waals surface area contributed by atoms with E-state index in [-0.39, 0.29) is 12.5 Å². The highest BCUT2D eigenvalue weighted by Gasteiger charge is 2.07. The number of rotatable bonds is 6. The zero-order valence-corrected chi connectivity index (χ0v) is 14.3. The van der Waals surface area contributed by atoms with Crippen molar-refractivity contribution < 1.29 is 9.59 Å². The van der Waals surface area contributed by atoms with Gasteiger partial charge in [-0.1, -0.05) is 35.3 Å². The number of thioether (sulfide) groups is 1. The van der Waals surface area contributed by atoms with Gasteiger partial charge in [-0.25, -0.2) is 0 Å². The number of primary amides is 1. The molecule has 7 heteroatoms. The van der Waals surface area contributed by atoms with E-state index < -0.39 is 5.91 Å². The summed E-state index contributed by atoms with van der Waals surface area (Å²) in [5, 5.41) is 3.73. The summed E-state index contributed by atoms with van der Waals surface area (Å²) < 4.78 is 0. The summed E-state index contributed by atoms with van der Waals surface area (Å²) in [7, 11) is 0. The van der Waals surface area contributed by atoms with Gasteiger partial charge in [0.2, 0.25) is 5.91 Å². The van der Waals surface area contributed by atoms with Crippen LogP contribution in [-0.4, -0.2) is 18.4 Å². The highest BCUT2D eigenvalue weighted by Crippen LogP contribution is 2.32. The van der Waals surface area contributed by atoms with Gasteiger partial charge in [0.1, 0.15) is 0 Å². The molecule has 23 heavy (non-hydrogen) atoms. The molecular formula is C16H14Cl2N2O2S. The van der Waals surface area contributed by atoms with Gasteiger partial charge in [-0.2, -0.15) is 0 Å². The zero-order valence-electron chi connectivity index (χ0n) is 12.0. The maximum absolute atomic E-state index is 11.8. The Bertz CT molecular complexity index is 721. The number of hydrogen-bond acceptors (Lipinski definition) is 3. The van der Waals surface area contributed by atoms with Crippen LogP contribution in [0.15, 0.2) is 47.4 Å². The number of nitrogens with two attached hydrogens (primary N) is 1. The monoisotopic (exact) mass is 368 g/mol. The molecule has 0 heterocycles. The molecule has 120 valence electrons. The summed E-state index contributed by atoms with van der Waals surface area (Å²) in [4.78, 5) is 23.3. The Hall–Kier alpha value is -1.69. The highest BCUT2D eigenvalue weighted by molar-refractivity contribution is 7.98. The van der Waals surface area contributed by atoms with Crippen molar-refractivity contribution in [3.05, 3.63) is 63.6 Å². The van der Waals surface area contributed by atoms with Crippen molar-refractivity contribution >= 4 is 46.8 Å². The van der Waals surface area contributed by atoms with E-state index in [4.69, 9.17) is 28.9 Å². The first-order chi connectivity index (χ1) is 11.0. The van der Waals surface area contributed by atoms with Crippen molar-refractivity contribution in [2.75, 3.05) is 6.54 Å². The van der Waals surface area contributed by atoms with Gasteiger partial charge in [0.25, 0.3) is 5.91 Å². The molecule has 0 aliphatic heterocycles. The van der Waals surface area contributed by atoms with Crippen LogP contribution < -0.4 is 11.1 Å². The molecule has 0 aliphatic carbocycles. The van der Waals surface area contributed by atoms with E-state index in [1.54, 1.807) is 36.0 Å². The molecule has 2 amide bonds. The molecule has 4 nitrogen and oxygen atoms in total. The Kier molecular flexibility index (Phi) is 6.33. The molecule has 0 aromatic heterocycles. The Morgan fingerprint density at radius 2 is 1.78 bits per heavy atom. The van der Waals surface area contributed by atoms with Crippen LogP contribution in [0, 0.1) is 0 Å². The number of halogens is 2. The standard InChI is InChI=1S/C16H14Cl2N2O2S/c17-12-5-6-13(18)14(7-12)23-9-10-1-3-11(4-2-10)16(22)20-8-15(19)21/h1-7H,8-9H2,(H2,19,21)(H,20,22). The van der Waals surface area contributed by atoms with E-state index in [9.17, 15) is 9.59 Å². The van der Waals surface area contributed by atoms with Gasteiger partial charge in [0.05, 0.1) is 11.6 Å². The molecule has 0 spiro atoms. The summed E-state index contributed by atoms with van der Waals surface area (Å²) in [6, 6.07) is 12.4. The van der Waals surface area contributed by atoms with Crippen LogP contribution in [0.5, 0.6) is 0 Å². The van der Waals surface area contributed by atoms with Gasteiger partial charge < -0.3 is 11.1 Å². The fourth-order valence-corrected chi connectivity index (χ4v) is 3.22. The predicted octanol–water partition coefficient (Wildman–Crippen LogP) is 3.50. The number of benzene rings is 2. The minimum absolute atomic E-state index is 0.177. The number of amides is 2.